The van der Waals surface area contributed by atoms with Gasteiger partial charge in [0, 0.05) is 12.1 Å². The Bertz CT molecular complexity index is 473. The van der Waals surface area contributed by atoms with Gasteiger partial charge in [0.2, 0.25) is 0 Å². The molecule has 1 aromatic rings. The first-order valence-corrected chi connectivity index (χ1v) is 6.88. The third-order valence-corrected chi connectivity index (χ3v) is 3.04. The Morgan fingerprint density at radius 2 is 2.20 bits per heavy atom. The summed E-state index contributed by atoms with van der Waals surface area (Å²) in [5, 5.41) is 13.0. The van der Waals surface area contributed by atoms with Crippen LogP contribution in [0.2, 0.25) is 0 Å². The van der Waals surface area contributed by atoms with Crippen LogP contribution in [0.4, 0.5) is 0 Å². The van der Waals surface area contributed by atoms with Gasteiger partial charge < -0.3 is 19.9 Å². The molecule has 20 heavy (non-hydrogen) atoms. The van der Waals surface area contributed by atoms with E-state index in [4.69, 9.17) is 9.47 Å². The summed E-state index contributed by atoms with van der Waals surface area (Å²) < 4.78 is 10.5. The molecule has 1 unspecified atom stereocenters. The minimum absolute atomic E-state index is 0.148. The highest BCUT2D eigenvalue weighted by Crippen LogP contribution is 2.28. The Labute approximate surface area is 118 Å². The SMILES string of the molecule is CC(C)CNCC(O)COc1cccc2c1C(=O)OC2. The zero-order valence-corrected chi connectivity index (χ0v) is 11.9. The molecule has 0 aromatic heterocycles. The second kappa shape index (κ2) is 6.72. The van der Waals surface area contributed by atoms with Crippen LogP contribution in [0.3, 0.4) is 0 Å². The fraction of sp³-hybridized carbons (Fsp3) is 0.533. The number of rotatable bonds is 7. The number of nitrogens with one attached hydrogen (secondary N) is 1. The molecule has 1 aliphatic heterocycles. The van der Waals surface area contributed by atoms with Gasteiger partial charge in [-0.05, 0) is 18.5 Å². The zero-order chi connectivity index (χ0) is 14.5. The maximum absolute atomic E-state index is 11.6. The van der Waals surface area contributed by atoms with Gasteiger partial charge in [-0.1, -0.05) is 26.0 Å². The fourth-order valence-electron chi connectivity index (χ4n) is 2.05. The van der Waals surface area contributed by atoms with Crippen LogP contribution < -0.4 is 10.1 Å². The average Bonchev–Trinajstić information content (AvgIpc) is 2.78. The molecule has 0 radical (unpaired) electrons. The second-order valence-corrected chi connectivity index (χ2v) is 5.38. The van der Waals surface area contributed by atoms with Crippen molar-refractivity contribution in [2.75, 3.05) is 19.7 Å². The van der Waals surface area contributed by atoms with Crippen molar-refractivity contribution in [2.24, 2.45) is 5.92 Å². The van der Waals surface area contributed by atoms with Crippen LogP contribution in [0.5, 0.6) is 5.75 Å². The van der Waals surface area contributed by atoms with E-state index >= 15 is 0 Å². The first kappa shape index (κ1) is 14.8. The Morgan fingerprint density at radius 1 is 1.40 bits per heavy atom. The number of ether oxygens (including phenoxy) is 2. The lowest BCUT2D eigenvalue weighted by Gasteiger charge is -2.15. The smallest absolute Gasteiger partial charge is 0.342 e. The molecule has 1 heterocycles. The molecule has 0 spiro atoms. The van der Waals surface area contributed by atoms with E-state index in [2.05, 4.69) is 19.2 Å². The number of benzene rings is 1. The van der Waals surface area contributed by atoms with Gasteiger partial charge in [-0.3, -0.25) is 0 Å². The molecule has 0 fully saturated rings. The minimum atomic E-state index is -0.609. The molecule has 0 saturated heterocycles. The summed E-state index contributed by atoms with van der Waals surface area (Å²) in [7, 11) is 0. The van der Waals surface area contributed by atoms with Gasteiger partial charge in [0.05, 0.1) is 0 Å². The van der Waals surface area contributed by atoms with Crippen LogP contribution in [0.1, 0.15) is 29.8 Å². The molecular weight excluding hydrogens is 258 g/mol. The predicted molar refractivity (Wildman–Crippen MR) is 74.8 cm³/mol. The fourth-order valence-corrected chi connectivity index (χ4v) is 2.05. The lowest BCUT2D eigenvalue weighted by Crippen LogP contribution is -2.33. The molecule has 1 atom stereocenters. The molecule has 110 valence electrons. The van der Waals surface area contributed by atoms with Crippen molar-refractivity contribution in [1.82, 2.24) is 5.32 Å². The van der Waals surface area contributed by atoms with Crippen LogP contribution in [-0.2, 0) is 11.3 Å². The Kier molecular flexibility index (Phi) is 4.98. The van der Waals surface area contributed by atoms with Crippen LogP contribution in [0.25, 0.3) is 0 Å². The maximum atomic E-state index is 11.6. The van der Waals surface area contributed by atoms with Crippen LogP contribution >= 0.6 is 0 Å². The third kappa shape index (κ3) is 3.71. The number of hydrogen-bond donors (Lipinski definition) is 2. The number of esters is 1. The summed E-state index contributed by atoms with van der Waals surface area (Å²) in [6.45, 7) is 5.98. The van der Waals surface area contributed by atoms with Gasteiger partial charge in [-0.2, -0.15) is 0 Å². The Hall–Kier alpha value is -1.59. The molecule has 5 nitrogen and oxygen atoms in total. The number of hydrogen-bond acceptors (Lipinski definition) is 5. The summed E-state index contributed by atoms with van der Waals surface area (Å²) in [5.74, 6) is 0.659. The standard InChI is InChI=1S/C15H21NO4/c1-10(2)6-16-7-12(17)9-19-13-5-3-4-11-8-20-15(18)14(11)13/h3-5,10,12,16-17H,6-9H2,1-2H3. The molecule has 0 aliphatic carbocycles. The van der Waals surface area contributed by atoms with Crippen molar-refractivity contribution in [3.05, 3.63) is 29.3 Å². The Morgan fingerprint density at radius 3 is 2.95 bits per heavy atom. The second-order valence-electron chi connectivity index (χ2n) is 5.38. The number of cyclic esters (lactones) is 1. The highest BCUT2D eigenvalue weighted by Gasteiger charge is 2.25. The van der Waals surface area contributed by atoms with E-state index in [1.807, 2.05) is 12.1 Å². The molecule has 0 amide bonds. The minimum Gasteiger partial charge on any atom is -0.490 e. The van der Waals surface area contributed by atoms with Crippen LogP contribution in [0.15, 0.2) is 18.2 Å². The van der Waals surface area contributed by atoms with E-state index in [1.165, 1.54) is 0 Å². The summed E-state index contributed by atoms with van der Waals surface area (Å²) in [6, 6.07) is 5.38. The predicted octanol–water partition coefficient (Wildman–Crippen LogP) is 1.34. The summed E-state index contributed by atoms with van der Waals surface area (Å²) in [5.41, 5.74) is 1.31. The van der Waals surface area contributed by atoms with Crippen molar-refractivity contribution < 1.29 is 19.4 Å². The van der Waals surface area contributed by atoms with E-state index in [-0.39, 0.29) is 12.6 Å². The first-order chi connectivity index (χ1) is 9.58. The topological polar surface area (TPSA) is 67.8 Å². The van der Waals surface area contributed by atoms with E-state index < -0.39 is 6.10 Å². The van der Waals surface area contributed by atoms with Gasteiger partial charge >= 0.3 is 5.97 Å². The monoisotopic (exact) mass is 279 g/mol. The van der Waals surface area contributed by atoms with Gasteiger partial charge in [0.25, 0.3) is 0 Å². The number of aliphatic hydroxyl groups excluding tert-OH is 1. The summed E-state index contributed by atoms with van der Waals surface area (Å²) >= 11 is 0. The summed E-state index contributed by atoms with van der Waals surface area (Å²) in [4.78, 5) is 11.6. The third-order valence-electron chi connectivity index (χ3n) is 3.04. The highest BCUT2D eigenvalue weighted by atomic mass is 16.5. The lowest BCUT2D eigenvalue weighted by atomic mass is 10.1. The summed E-state index contributed by atoms with van der Waals surface area (Å²) in [6.07, 6.45) is -0.609. The molecule has 1 aromatic carbocycles. The average molecular weight is 279 g/mol. The molecule has 2 N–H and O–H groups in total. The van der Waals surface area contributed by atoms with Crippen molar-refractivity contribution in [3.8, 4) is 5.75 Å². The van der Waals surface area contributed by atoms with E-state index in [1.54, 1.807) is 6.07 Å². The van der Waals surface area contributed by atoms with Gasteiger partial charge in [-0.15, -0.1) is 0 Å². The first-order valence-electron chi connectivity index (χ1n) is 6.88. The zero-order valence-electron chi connectivity index (χ0n) is 11.9. The molecular formula is C15H21NO4. The van der Waals surface area contributed by atoms with Gasteiger partial charge in [-0.25, -0.2) is 4.79 Å². The molecule has 0 bridgehead atoms. The van der Waals surface area contributed by atoms with E-state index in [9.17, 15) is 9.90 Å². The largest absolute Gasteiger partial charge is 0.490 e. The lowest BCUT2D eigenvalue weighted by molar-refractivity contribution is 0.0528. The maximum Gasteiger partial charge on any atom is 0.342 e. The van der Waals surface area contributed by atoms with Crippen LogP contribution in [0, 0.1) is 5.92 Å². The molecule has 0 saturated carbocycles. The molecule has 5 heteroatoms. The van der Waals surface area contributed by atoms with Crippen molar-refractivity contribution in [3.63, 3.8) is 0 Å². The van der Waals surface area contributed by atoms with E-state index in [0.29, 0.717) is 30.4 Å². The number of fused-ring (bicyclic) bond motifs is 1. The van der Waals surface area contributed by atoms with Crippen molar-refractivity contribution in [1.29, 1.82) is 0 Å². The number of aliphatic hydroxyl groups is 1. The Balaban J connectivity index is 1.86. The van der Waals surface area contributed by atoms with Crippen molar-refractivity contribution in [2.45, 2.75) is 26.6 Å². The number of carbonyl (C=O) groups is 1. The normalized spacial score (nSPS) is 15.1. The molecule has 1 aliphatic rings. The van der Waals surface area contributed by atoms with Gasteiger partial charge in [0.15, 0.2) is 0 Å². The van der Waals surface area contributed by atoms with Crippen LogP contribution in [-0.4, -0.2) is 36.9 Å². The molecule has 2 rings (SSSR count). The van der Waals surface area contributed by atoms with Gasteiger partial charge in [0.1, 0.15) is 30.6 Å². The number of carbonyl (C=O) groups excluding carboxylic acids is 1. The van der Waals surface area contributed by atoms with Crippen molar-refractivity contribution >= 4 is 5.97 Å². The van der Waals surface area contributed by atoms with E-state index in [0.717, 1.165) is 12.1 Å². The highest BCUT2D eigenvalue weighted by molar-refractivity contribution is 5.96. The quantitative estimate of drug-likeness (QED) is 0.737.